The third-order valence-corrected chi connectivity index (χ3v) is 13.1. The van der Waals surface area contributed by atoms with Crippen LogP contribution in [0.15, 0.2) is 49.1 Å². The Bertz CT molecular complexity index is 2030. The molecule has 7 heterocycles. The summed E-state index contributed by atoms with van der Waals surface area (Å²) in [5.41, 5.74) is 4.79. The molecule has 1 unspecified atom stereocenters. The SMILES string of the molecule is CC(C)n1cnc2cc(-c3ccc4c(c3)N([C@H]3C[C@@H](N5CC(F)C6(CC6)C5)C3)C(=O)C43CCN(C4COC4)CC3)nc(Nc3ccncc3F)c21. The molecule has 1 atom stereocenters. The van der Waals surface area contributed by atoms with Gasteiger partial charge in [-0.3, -0.25) is 19.6 Å². The molecule has 3 aromatic heterocycles. The predicted molar refractivity (Wildman–Crippen MR) is 190 cm³/mol. The summed E-state index contributed by atoms with van der Waals surface area (Å²) in [5.74, 6) is 0.243. The molecule has 1 N–H and O–H groups in total. The van der Waals surface area contributed by atoms with Crippen molar-refractivity contribution in [2.45, 2.75) is 88.1 Å². The molecule has 10 rings (SSSR count). The second-order valence-corrected chi connectivity index (χ2v) is 16.2. The van der Waals surface area contributed by atoms with Crippen LogP contribution in [0, 0.1) is 11.2 Å². The van der Waals surface area contributed by atoms with E-state index in [2.05, 4.69) is 57.0 Å². The Morgan fingerprint density at radius 3 is 2.49 bits per heavy atom. The number of alkyl halides is 1. The summed E-state index contributed by atoms with van der Waals surface area (Å²) in [6.45, 7) is 8.80. The van der Waals surface area contributed by atoms with E-state index in [1.165, 1.54) is 6.20 Å². The number of carbonyl (C=O) groups is 1. The number of anilines is 3. The second kappa shape index (κ2) is 11.5. The fourth-order valence-electron chi connectivity index (χ4n) is 9.54. The topological polar surface area (TPSA) is 91.7 Å². The molecular weight excluding hydrogens is 650 g/mol. The number of benzene rings is 1. The van der Waals surface area contributed by atoms with Crippen LogP contribution in [0.5, 0.6) is 0 Å². The maximum atomic E-state index is 14.9. The van der Waals surface area contributed by atoms with Gasteiger partial charge in [-0.25, -0.2) is 18.7 Å². The Morgan fingerprint density at radius 2 is 1.80 bits per heavy atom. The molecule has 266 valence electrons. The normalized spacial score (nSPS) is 27.0. The Labute approximate surface area is 296 Å². The van der Waals surface area contributed by atoms with Gasteiger partial charge in [0.25, 0.3) is 0 Å². The Hall–Kier alpha value is -4.00. The zero-order valence-corrected chi connectivity index (χ0v) is 29.2. The molecule has 2 aliphatic carbocycles. The Kier molecular flexibility index (Phi) is 7.15. The molecule has 2 saturated carbocycles. The van der Waals surface area contributed by atoms with Crippen molar-refractivity contribution >= 4 is 34.1 Å². The van der Waals surface area contributed by atoms with E-state index in [4.69, 9.17) is 14.7 Å². The van der Waals surface area contributed by atoms with Crippen molar-refractivity contribution in [3.8, 4) is 11.3 Å². The fraction of sp³-hybridized carbons (Fsp3) is 0.538. The summed E-state index contributed by atoms with van der Waals surface area (Å²) >= 11 is 0. The number of halogens is 2. The van der Waals surface area contributed by atoms with Crippen molar-refractivity contribution < 1.29 is 18.3 Å². The summed E-state index contributed by atoms with van der Waals surface area (Å²) in [6, 6.07) is 10.9. The number of hydrogen-bond donors (Lipinski definition) is 1. The first-order valence-corrected chi connectivity index (χ1v) is 18.7. The van der Waals surface area contributed by atoms with E-state index in [9.17, 15) is 13.6 Å². The highest BCUT2D eigenvalue weighted by atomic mass is 19.1. The summed E-state index contributed by atoms with van der Waals surface area (Å²) in [6.07, 6.45) is 9.09. The van der Waals surface area contributed by atoms with Gasteiger partial charge >= 0.3 is 0 Å². The predicted octanol–water partition coefficient (Wildman–Crippen LogP) is 6.00. The number of fused-ring (bicyclic) bond motifs is 3. The molecule has 6 aliphatic rings. The van der Waals surface area contributed by atoms with Gasteiger partial charge in [-0.05, 0) is 89.2 Å². The number of nitrogens with one attached hydrogen (secondary N) is 1. The Morgan fingerprint density at radius 1 is 1.00 bits per heavy atom. The van der Waals surface area contributed by atoms with Crippen LogP contribution in [-0.2, 0) is 14.9 Å². The molecule has 0 radical (unpaired) electrons. The van der Waals surface area contributed by atoms with E-state index in [1.807, 2.05) is 10.6 Å². The lowest BCUT2D eigenvalue weighted by Crippen LogP contribution is -2.59. The van der Waals surface area contributed by atoms with Crippen LogP contribution in [0.1, 0.15) is 64.0 Å². The lowest BCUT2D eigenvalue weighted by Gasteiger charge is -2.47. The van der Waals surface area contributed by atoms with E-state index in [0.29, 0.717) is 30.1 Å². The maximum absolute atomic E-state index is 14.9. The first kappa shape index (κ1) is 31.7. The zero-order valence-electron chi connectivity index (χ0n) is 29.2. The molecule has 4 aliphatic heterocycles. The van der Waals surface area contributed by atoms with Gasteiger partial charge in [-0.1, -0.05) is 12.1 Å². The van der Waals surface area contributed by atoms with Gasteiger partial charge in [0, 0.05) is 54.1 Å². The van der Waals surface area contributed by atoms with E-state index < -0.39 is 17.4 Å². The molecule has 51 heavy (non-hydrogen) atoms. The van der Waals surface area contributed by atoms with Crippen LogP contribution < -0.4 is 10.2 Å². The minimum Gasteiger partial charge on any atom is -0.378 e. The van der Waals surface area contributed by atoms with Crippen molar-refractivity contribution in [3.63, 3.8) is 0 Å². The number of aromatic nitrogens is 4. The minimum absolute atomic E-state index is 0.0758. The van der Waals surface area contributed by atoms with Gasteiger partial charge in [0.05, 0.1) is 54.1 Å². The molecule has 3 saturated heterocycles. The quantitative estimate of drug-likeness (QED) is 0.252. The third-order valence-electron chi connectivity index (χ3n) is 13.1. The van der Waals surface area contributed by atoms with Crippen molar-refractivity contribution in [2.75, 3.05) is 49.6 Å². The van der Waals surface area contributed by atoms with Crippen molar-refractivity contribution in [1.29, 1.82) is 0 Å². The number of amides is 1. The van der Waals surface area contributed by atoms with E-state index >= 15 is 0 Å². The highest BCUT2D eigenvalue weighted by Crippen LogP contribution is 2.57. The fourth-order valence-corrected chi connectivity index (χ4v) is 9.54. The number of piperidine rings is 1. The van der Waals surface area contributed by atoms with Crippen LogP contribution in [0.25, 0.3) is 22.3 Å². The number of imidazole rings is 1. The van der Waals surface area contributed by atoms with Crippen LogP contribution in [0.2, 0.25) is 0 Å². The summed E-state index contributed by atoms with van der Waals surface area (Å²) < 4.78 is 37.3. The monoisotopic (exact) mass is 694 g/mol. The summed E-state index contributed by atoms with van der Waals surface area (Å²) in [5, 5.41) is 3.23. The van der Waals surface area contributed by atoms with Gasteiger partial charge in [-0.2, -0.15) is 0 Å². The van der Waals surface area contributed by atoms with Gasteiger partial charge in [0.1, 0.15) is 11.7 Å². The molecule has 1 aromatic carbocycles. The molecule has 0 bridgehead atoms. The third kappa shape index (κ3) is 4.89. The van der Waals surface area contributed by atoms with Gasteiger partial charge in [0.2, 0.25) is 5.91 Å². The number of nitrogens with zero attached hydrogens (tertiary/aromatic N) is 7. The van der Waals surface area contributed by atoms with Crippen LogP contribution in [0.3, 0.4) is 0 Å². The number of pyridine rings is 2. The van der Waals surface area contributed by atoms with Gasteiger partial charge < -0.3 is 19.5 Å². The van der Waals surface area contributed by atoms with Crippen LogP contribution >= 0.6 is 0 Å². The smallest absolute Gasteiger partial charge is 0.238 e. The molecule has 10 nitrogen and oxygen atoms in total. The number of carbonyl (C=O) groups excluding carboxylic acids is 1. The van der Waals surface area contributed by atoms with E-state index in [0.717, 1.165) is 99.2 Å². The maximum Gasteiger partial charge on any atom is 0.238 e. The van der Waals surface area contributed by atoms with Crippen LogP contribution in [0.4, 0.5) is 26.0 Å². The lowest BCUT2D eigenvalue weighted by atomic mass is 9.73. The first-order valence-electron chi connectivity index (χ1n) is 18.7. The highest BCUT2D eigenvalue weighted by Gasteiger charge is 2.60. The lowest BCUT2D eigenvalue weighted by molar-refractivity contribution is -0.128. The number of rotatable bonds is 7. The average molecular weight is 695 g/mol. The minimum atomic E-state index is -0.728. The Balaban J connectivity index is 1.02. The molecule has 12 heteroatoms. The zero-order chi connectivity index (χ0) is 34.6. The highest BCUT2D eigenvalue weighted by molar-refractivity contribution is 6.09. The van der Waals surface area contributed by atoms with Crippen molar-refractivity contribution in [2.24, 2.45) is 5.41 Å². The first-order chi connectivity index (χ1) is 24.7. The van der Waals surface area contributed by atoms with E-state index in [-0.39, 0.29) is 29.1 Å². The standard InChI is InChI=1S/C39H44F2N8O2/c1-23(2)48-22-43-32-16-31(45-36(35(32)48)44-30-5-10-42-17-29(30)40)24-3-4-28-33(13-24)49(26-14-25(15-26)47-18-34(41)38(21-47)6-7-38)37(50)39(28)8-11-46(12-9-39)27-19-51-20-27/h3-5,10,13,16-17,22-23,25-27,34H,6-9,11-12,14-15,18-21H2,1-2H3,(H,42,44,45)/t25-,26+,34?. The van der Waals surface area contributed by atoms with Crippen molar-refractivity contribution in [3.05, 3.63) is 60.4 Å². The number of hydrogen-bond acceptors (Lipinski definition) is 8. The van der Waals surface area contributed by atoms with Crippen molar-refractivity contribution in [1.82, 2.24) is 29.3 Å². The largest absolute Gasteiger partial charge is 0.378 e. The molecule has 5 fully saturated rings. The molecule has 2 spiro atoms. The number of ether oxygens (including phenoxy) is 1. The molecular formula is C39H44F2N8O2. The van der Waals surface area contributed by atoms with Gasteiger partial charge in [-0.15, -0.1) is 0 Å². The summed E-state index contributed by atoms with van der Waals surface area (Å²) in [4.78, 5) is 35.5. The molecule has 4 aromatic rings. The average Bonchev–Trinajstić information content (AvgIpc) is 3.53. The second-order valence-electron chi connectivity index (χ2n) is 16.2. The van der Waals surface area contributed by atoms with Crippen LogP contribution in [-0.4, -0.2) is 98.9 Å². The van der Waals surface area contributed by atoms with Gasteiger partial charge in [0.15, 0.2) is 11.6 Å². The summed E-state index contributed by atoms with van der Waals surface area (Å²) in [7, 11) is 0. The number of likely N-dealkylation sites (tertiary alicyclic amines) is 2. The van der Waals surface area contributed by atoms with E-state index in [1.54, 1.807) is 18.6 Å². The molecule has 1 amide bonds.